The Morgan fingerprint density at radius 1 is 1.50 bits per heavy atom. The predicted octanol–water partition coefficient (Wildman–Crippen LogP) is -0.730. The first kappa shape index (κ1) is 6.67. The molecule has 52 valence electrons. The van der Waals surface area contributed by atoms with Crippen LogP contribution < -0.4 is 5.32 Å². The first-order chi connectivity index (χ1) is 4.74. The summed E-state index contributed by atoms with van der Waals surface area (Å²) in [5.41, 5.74) is 0.292. The van der Waals surface area contributed by atoms with Crippen LogP contribution in [0, 0.1) is 0 Å². The molecule has 0 aliphatic carbocycles. The molecular formula is C6H6N2O2. The summed E-state index contributed by atoms with van der Waals surface area (Å²) >= 11 is 0. The second-order valence-electron chi connectivity index (χ2n) is 1.77. The Labute approximate surface area is 57.6 Å². The van der Waals surface area contributed by atoms with Gasteiger partial charge in [-0.05, 0) is 0 Å². The molecule has 1 heterocycles. The highest BCUT2D eigenvalue weighted by Crippen LogP contribution is 1.95. The fourth-order valence-corrected chi connectivity index (χ4v) is 0.619. The fraction of sp³-hybridized carbons (Fsp3) is 0.167. The molecule has 0 aromatic carbocycles. The summed E-state index contributed by atoms with van der Waals surface area (Å²) in [6, 6.07) is 0. The van der Waals surface area contributed by atoms with Crippen molar-refractivity contribution in [1.82, 2.24) is 5.32 Å². The standard InChI is InChI=1S/C6H6N2O2/c1-7-4-2-6(10)8-3-5(4)9/h2-3,7H,1H3. The van der Waals surface area contributed by atoms with Gasteiger partial charge < -0.3 is 5.32 Å². The minimum absolute atomic E-state index is 0.262. The molecule has 4 nitrogen and oxygen atoms in total. The summed E-state index contributed by atoms with van der Waals surface area (Å²) in [6.07, 6.45) is 2.18. The maximum atomic E-state index is 10.7. The Kier molecular flexibility index (Phi) is 1.62. The van der Waals surface area contributed by atoms with Gasteiger partial charge in [-0.3, -0.25) is 9.59 Å². The lowest BCUT2D eigenvalue weighted by Crippen LogP contribution is -2.21. The number of hydrogen-bond donors (Lipinski definition) is 1. The number of carbonyl (C=O) groups excluding carboxylic acids is 2. The SMILES string of the molecule is CNC1=CC(=O)N=CC1=O. The molecule has 10 heavy (non-hydrogen) atoms. The number of Topliss-reactive ketones (excluding diaryl/α,β-unsaturated/α-hetero) is 1. The maximum absolute atomic E-state index is 10.7. The number of allylic oxidation sites excluding steroid dienone is 1. The van der Waals surface area contributed by atoms with Crippen molar-refractivity contribution in [3.63, 3.8) is 0 Å². The molecule has 0 unspecified atom stereocenters. The number of ketones is 1. The zero-order valence-electron chi connectivity index (χ0n) is 5.42. The molecule has 0 fully saturated rings. The van der Waals surface area contributed by atoms with Gasteiger partial charge in [0.1, 0.15) is 0 Å². The number of nitrogens with zero attached hydrogens (tertiary/aromatic N) is 1. The Morgan fingerprint density at radius 2 is 2.20 bits per heavy atom. The number of likely N-dealkylation sites (N-methyl/N-ethyl adjacent to an activating group) is 1. The van der Waals surface area contributed by atoms with Crippen molar-refractivity contribution >= 4 is 17.9 Å². The van der Waals surface area contributed by atoms with Gasteiger partial charge >= 0.3 is 0 Å². The van der Waals surface area contributed by atoms with E-state index in [1.54, 1.807) is 7.05 Å². The number of rotatable bonds is 1. The van der Waals surface area contributed by atoms with E-state index in [4.69, 9.17) is 0 Å². The zero-order chi connectivity index (χ0) is 7.56. The quantitative estimate of drug-likeness (QED) is 0.519. The first-order valence-corrected chi connectivity index (χ1v) is 2.76. The van der Waals surface area contributed by atoms with Crippen LogP contribution in [0.1, 0.15) is 0 Å². The van der Waals surface area contributed by atoms with Gasteiger partial charge in [0.25, 0.3) is 5.91 Å². The molecular weight excluding hydrogens is 132 g/mol. The van der Waals surface area contributed by atoms with Crippen molar-refractivity contribution in [2.24, 2.45) is 4.99 Å². The molecule has 1 rings (SSSR count). The van der Waals surface area contributed by atoms with Crippen LogP contribution in [0.4, 0.5) is 0 Å². The van der Waals surface area contributed by atoms with E-state index in [1.807, 2.05) is 0 Å². The molecule has 4 heteroatoms. The number of nitrogens with one attached hydrogen (secondary N) is 1. The third-order valence-electron chi connectivity index (χ3n) is 1.11. The minimum Gasteiger partial charge on any atom is -0.385 e. The number of hydrogen-bond acceptors (Lipinski definition) is 3. The third-order valence-corrected chi connectivity index (χ3v) is 1.11. The molecule has 1 aliphatic heterocycles. The normalized spacial score (nSPS) is 17.1. The lowest BCUT2D eigenvalue weighted by Gasteiger charge is -2.02. The number of carbonyl (C=O) groups is 2. The Hall–Kier alpha value is -1.45. The van der Waals surface area contributed by atoms with E-state index in [2.05, 4.69) is 10.3 Å². The molecule has 0 bridgehead atoms. The lowest BCUT2D eigenvalue weighted by molar-refractivity contribution is -0.115. The van der Waals surface area contributed by atoms with Crippen LogP contribution in [0.5, 0.6) is 0 Å². The molecule has 0 aromatic heterocycles. The summed E-state index contributed by atoms with van der Waals surface area (Å²) in [4.78, 5) is 24.5. The van der Waals surface area contributed by atoms with Gasteiger partial charge in [0, 0.05) is 13.1 Å². The van der Waals surface area contributed by atoms with E-state index in [-0.39, 0.29) is 5.78 Å². The molecule has 1 N–H and O–H groups in total. The van der Waals surface area contributed by atoms with Crippen LogP contribution in [-0.2, 0) is 9.59 Å². The average Bonchev–Trinajstić information content (AvgIpc) is 1.94. The Balaban J connectivity index is 2.89. The Morgan fingerprint density at radius 3 is 2.70 bits per heavy atom. The highest BCUT2D eigenvalue weighted by molar-refractivity contribution is 6.39. The summed E-state index contributed by atoms with van der Waals surface area (Å²) in [5.74, 6) is -0.661. The molecule has 1 aliphatic rings. The largest absolute Gasteiger partial charge is 0.385 e. The van der Waals surface area contributed by atoms with Crippen molar-refractivity contribution in [3.8, 4) is 0 Å². The van der Waals surface area contributed by atoms with Crippen LogP contribution in [0.3, 0.4) is 0 Å². The topological polar surface area (TPSA) is 58.5 Å². The van der Waals surface area contributed by atoms with E-state index in [0.29, 0.717) is 5.70 Å². The van der Waals surface area contributed by atoms with Gasteiger partial charge in [0.15, 0.2) is 0 Å². The van der Waals surface area contributed by atoms with Gasteiger partial charge in [-0.25, -0.2) is 4.99 Å². The van der Waals surface area contributed by atoms with Crippen molar-refractivity contribution in [3.05, 3.63) is 11.8 Å². The Bertz CT molecular complexity index is 240. The summed E-state index contributed by atoms with van der Waals surface area (Å²) < 4.78 is 0. The van der Waals surface area contributed by atoms with Crippen LogP contribution in [0.2, 0.25) is 0 Å². The average molecular weight is 138 g/mol. The first-order valence-electron chi connectivity index (χ1n) is 2.76. The van der Waals surface area contributed by atoms with Gasteiger partial charge in [-0.1, -0.05) is 0 Å². The van der Waals surface area contributed by atoms with Gasteiger partial charge in [-0.2, -0.15) is 0 Å². The van der Waals surface area contributed by atoms with E-state index in [1.165, 1.54) is 6.08 Å². The lowest BCUT2D eigenvalue weighted by atomic mass is 10.2. The summed E-state index contributed by atoms with van der Waals surface area (Å²) in [7, 11) is 1.58. The molecule has 1 amide bonds. The highest BCUT2D eigenvalue weighted by Gasteiger charge is 2.11. The smallest absolute Gasteiger partial charge is 0.272 e. The van der Waals surface area contributed by atoms with Crippen LogP contribution in [0.25, 0.3) is 0 Å². The van der Waals surface area contributed by atoms with Crippen LogP contribution >= 0.6 is 0 Å². The molecule has 0 atom stereocenters. The van der Waals surface area contributed by atoms with E-state index in [9.17, 15) is 9.59 Å². The van der Waals surface area contributed by atoms with Crippen molar-refractivity contribution in [2.75, 3.05) is 7.05 Å². The molecule has 0 saturated heterocycles. The monoisotopic (exact) mass is 138 g/mol. The minimum atomic E-state index is -0.399. The maximum Gasteiger partial charge on any atom is 0.272 e. The van der Waals surface area contributed by atoms with Crippen molar-refractivity contribution in [2.45, 2.75) is 0 Å². The van der Waals surface area contributed by atoms with Gasteiger partial charge in [-0.15, -0.1) is 0 Å². The van der Waals surface area contributed by atoms with Crippen LogP contribution in [-0.4, -0.2) is 25.0 Å². The van der Waals surface area contributed by atoms with Crippen molar-refractivity contribution in [1.29, 1.82) is 0 Å². The summed E-state index contributed by atoms with van der Waals surface area (Å²) in [6.45, 7) is 0. The number of dihydropyridines is 1. The summed E-state index contributed by atoms with van der Waals surface area (Å²) in [5, 5.41) is 2.58. The van der Waals surface area contributed by atoms with Gasteiger partial charge in [0.2, 0.25) is 5.78 Å². The van der Waals surface area contributed by atoms with Gasteiger partial charge in [0.05, 0.1) is 11.9 Å². The fourth-order valence-electron chi connectivity index (χ4n) is 0.619. The second kappa shape index (κ2) is 2.43. The van der Waals surface area contributed by atoms with E-state index >= 15 is 0 Å². The highest BCUT2D eigenvalue weighted by atomic mass is 16.2. The van der Waals surface area contributed by atoms with E-state index in [0.717, 1.165) is 6.21 Å². The van der Waals surface area contributed by atoms with E-state index < -0.39 is 5.91 Å². The second-order valence-corrected chi connectivity index (χ2v) is 1.77. The third kappa shape index (κ3) is 1.10. The zero-order valence-corrected chi connectivity index (χ0v) is 5.42. The van der Waals surface area contributed by atoms with Crippen molar-refractivity contribution < 1.29 is 9.59 Å². The molecule has 0 radical (unpaired) electrons. The number of amides is 1. The predicted molar refractivity (Wildman–Crippen MR) is 35.6 cm³/mol. The molecule has 0 aromatic rings. The number of aliphatic imine (C=N–C) groups is 1. The molecule has 0 saturated carbocycles. The molecule has 0 spiro atoms. The van der Waals surface area contributed by atoms with Crippen LogP contribution in [0.15, 0.2) is 16.8 Å².